The van der Waals surface area contributed by atoms with E-state index in [1.807, 2.05) is 24.3 Å². The number of rotatable bonds is 5. The Kier molecular flexibility index (Phi) is 8.11. The minimum Gasteiger partial charge on any atom is -0.308 e. The van der Waals surface area contributed by atoms with Crippen LogP contribution in [0.2, 0.25) is 0 Å². The van der Waals surface area contributed by atoms with Crippen LogP contribution in [-0.2, 0) is 0 Å². The lowest BCUT2D eigenvalue weighted by Gasteiger charge is -2.19. The summed E-state index contributed by atoms with van der Waals surface area (Å²) in [5.74, 6) is 0. The first-order valence-corrected chi connectivity index (χ1v) is 19.6. The van der Waals surface area contributed by atoms with Crippen LogP contribution in [0.3, 0.4) is 0 Å². The molecule has 0 aliphatic carbocycles. The molecule has 2 aromatic heterocycles. The lowest BCUT2D eigenvalue weighted by atomic mass is 9.97. The summed E-state index contributed by atoms with van der Waals surface area (Å²) in [5.41, 5.74) is 18.0. The van der Waals surface area contributed by atoms with Gasteiger partial charge < -0.3 is 9.13 Å². The Balaban J connectivity index is 1.34. The van der Waals surface area contributed by atoms with Gasteiger partial charge in [0, 0.05) is 21.5 Å². The molecule has 0 aliphatic heterocycles. The fraction of sp³-hybridized carbons (Fsp3) is 0.0741. The lowest BCUT2D eigenvalue weighted by Crippen LogP contribution is -2.05. The molecule has 0 unspecified atom stereocenters. The largest absolute Gasteiger partial charge is 0.308 e. The molecule has 0 fully saturated rings. The summed E-state index contributed by atoms with van der Waals surface area (Å²) in [7, 11) is 0. The summed E-state index contributed by atoms with van der Waals surface area (Å²) < 4.78 is 4.54. The molecule has 10 aromatic rings. The first-order chi connectivity index (χ1) is 28.3. The molecule has 4 nitrogen and oxygen atoms in total. The Morgan fingerprint density at radius 2 is 0.879 bits per heavy atom. The van der Waals surface area contributed by atoms with Crippen LogP contribution >= 0.6 is 0 Å². The lowest BCUT2D eigenvalue weighted by molar-refractivity contribution is 1.12. The van der Waals surface area contributed by atoms with Crippen LogP contribution in [0.15, 0.2) is 158 Å². The normalized spacial score (nSPS) is 11.4. The summed E-state index contributed by atoms with van der Waals surface area (Å²) in [6.45, 7) is 8.58. The molecule has 0 amide bonds. The topological polar surface area (TPSA) is 57.4 Å². The smallest absolute Gasteiger partial charge is 0.104 e. The summed E-state index contributed by atoms with van der Waals surface area (Å²) >= 11 is 0. The zero-order chi connectivity index (χ0) is 39.7. The van der Waals surface area contributed by atoms with Crippen molar-refractivity contribution in [1.29, 1.82) is 10.5 Å². The molecule has 0 spiro atoms. The highest BCUT2D eigenvalue weighted by Gasteiger charge is 2.23. The van der Waals surface area contributed by atoms with E-state index in [0.717, 1.165) is 77.2 Å². The third kappa shape index (κ3) is 5.50. The minimum atomic E-state index is 0.555. The SMILES string of the molecule is Cc1ccc(-c2ccc3c4ccccc4n(-c4cc(-c5cccc(C#N)c5)cc(-n5c6ccccc6c6ccc(-c7ccc(C)cc7C)cc65)c4C#N)c3c2)c(C)c1. The minimum absolute atomic E-state index is 0.555. The van der Waals surface area contributed by atoms with Gasteiger partial charge >= 0.3 is 0 Å². The van der Waals surface area contributed by atoms with Crippen LogP contribution in [0.25, 0.3) is 88.4 Å². The molecule has 274 valence electrons. The molecule has 8 aromatic carbocycles. The van der Waals surface area contributed by atoms with Gasteiger partial charge in [-0.05, 0) is 121 Å². The Morgan fingerprint density at radius 1 is 0.379 bits per heavy atom. The van der Waals surface area contributed by atoms with Gasteiger partial charge in [0.2, 0.25) is 0 Å². The van der Waals surface area contributed by atoms with E-state index in [4.69, 9.17) is 0 Å². The summed E-state index contributed by atoms with van der Waals surface area (Å²) in [6.07, 6.45) is 0. The number of nitriles is 2. The predicted octanol–water partition coefficient (Wildman–Crippen LogP) is 13.9. The van der Waals surface area contributed by atoms with Crippen molar-refractivity contribution >= 4 is 43.6 Å². The van der Waals surface area contributed by atoms with Gasteiger partial charge in [0.25, 0.3) is 0 Å². The Hall–Kier alpha value is -7.66. The molecule has 0 N–H and O–H groups in total. The monoisotopic (exact) mass is 742 g/mol. The Morgan fingerprint density at radius 3 is 1.36 bits per heavy atom. The van der Waals surface area contributed by atoms with Crippen LogP contribution in [-0.4, -0.2) is 9.13 Å². The van der Waals surface area contributed by atoms with E-state index >= 15 is 0 Å². The Bertz CT molecular complexity index is 3220. The van der Waals surface area contributed by atoms with Crippen molar-refractivity contribution in [2.45, 2.75) is 27.7 Å². The third-order valence-electron chi connectivity index (χ3n) is 11.7. The fourth-order valence-electron chi connectivity index (χ4n) is 9.08. The highest BCUT2D eigenvalue weighted by atomic mass is 15.0. The maximum Gasteiger partial charge on any atom is 0.104 e. The van der Waals surface area contributed by atoms with Gasteiger partial charge in [-0.25, -0.2) is 0 Å². The molecular formula is C54H38N4. The predicted molar refractivity (Wildman–Crippen MR) is 240 cm³/mol. The third-order valence-corrected chi connectivity index (χ3v) is 11.7. The van der Waals surface area contributed by atoms with Crippen LogP contribution in [0.1, 0.15) is 33.4 Å². The van der Waals surface area contributed by atoms with Gasteiger partial charge in [-0.15, -0.1) is 0 Å². The molecular weight excluding hydrogens is 705 g/mol. The second-order valence-electron chi connectivity index (χ2n) is 15.5. The van der Waals surface area contributed by atoms with E-state index < -0.39 is 0 Å². The molecule has 58 heavy (non-hydrogen) atoms. The molecule has 0 bridgehead atoms. The summed E-state index contributed by atoms with van der Waals surface area (Å²) in [6, 6.07) is 60.6. The zero-order valence-electron chi connectivity index (χ0n) is 32.8. The van der Waals surface area contributed by atoms with Gasteiger partial charge in [0.15, 0.2) is 0 Å². The van der Waals surface area contributed by atoms with Gasteiger partial charge in [0.05, 0.1) is 45.1 Å². The first kappa shape index (κ1) is 34.8. The van der Waals surface area contributed by atoms with Gasteiger partial charge in [-0.3, -0.25) is 0 Å². The van der Waals surface area contributed by atoms with Crippen molar-refractivity contribution in [2.24, 2.45) is 0 Å². The van der Waals surface area contributed by atoms with Crippen LogP contribution in [0, 0.1) is 50.4 Å². The fourth-order valence-corrected chi connectivity index (χ4v) is 9.08. The van der Waals surface area contributed by atoms with E-state index in [1.165, 1.54) is 33.4 Å². The zero-order valence-corrected chi connectivity index (χ0v) is 32.8. The van der Waals surface area contributed by atoms with Crippen LogP contribution in [0.4, 0.5) is 0 Å². The summed E-state index contributed by atoms with van der Waals surface area (Å²) in [4.78, 5) is 0. The Labute approximate surface area is 337 Å². The van der Waals surface area contributed by atoms with Crippen molar-refractivity contribution in [3.05, 3.63) is 191 Å². The first-order valence-electron chi connectivity index (χ1n) is 19.6. The molecule has 0 aliphatic rings. The number of nitrogens with zero attached hydrogens (tertiary/aromatic N) is 4. The molecule has 0 atom stereocenters. The van der Waals surface area contributed by atoms with Crippen molar-refractivity contribution in [3.8, 4) is 56.9 Å². The van der Waals surface area contributed by atoms with Crippen molar-refractivity contribution < 1.29 is 0 Å². The van der Waals surface area contributed by atoms with E-state index in [-0.39, 0.29) is 0 Å². The van der Waals surface area contributed by atoms with E-state index in [0.29, 0.717) is 11.1 Å². The average Bonchev–Trinajstić information content (AvgIpc) is 3.75. The number of hydrogen-bond donors (Lipinski definition) is 0. The summed E-state index contributed by atoms with van der Waals surface area (Å²) in [5, 5.41) is 25.9. The van der Waals surface area contributed by atoms with E-state index in [2.05, 4.69) is 182 Å². The number of aromatic nitrogens is 2. The maximum absolute atomic E-state index is 11.5. The van der Waals surface area contributed by atoms with E-state index in [9.17, 15) is 10.5 Å². The van der Waals surface area contributed by atoms with Crippen molar-refractivity contribution in [1.82, 2.24) is 9.13 Å². The number of fused-ring (bicyclic) bond motifs is 6. The van der Waals surface area contributed by atoms with Crippen molar-refractivity contribution in [3.63, 3.8) is 0 Å². The molecule has 10 rings (SSSR count). The average molecular weight is 743 g/mol. The van der Waals surface area contributed by atoms with Crippen molar-refractivity contribution in [2.75, 3.05) is 0 Å². The quantitative estimate of drug-likeness (QED) is 0.176. The molecule has 2 heterocycles. The second kappa shape index (κ2) is 13.5. The molecule has 0 saturated carbocycles. The van der Waals surface area contributed by atoms with Gasteiger partial charge in [-0.1, -0.05) is 120 Å². The van der Waals surface area contributed by atoms with E-state index in [1.54, 1.807) is 0 Å². The highest BCUT2D eigenvalue weighted by Crippen LogP contribution is 2.42. The van der Waals surface area contributed by atoms with Crippen LogP contribution < -0.4 is 0 Å². The molecule has 4 heteroatoms. The standard InChI is InChI=1S/C54H38N4/c1-33-16-20-42(35(3)24-33)39-18-22-46-44-12-5-7-14-49(44)57(51(46)27-39)53-29-41(38-11-9-10-37(26-38)31-55)30-54(48(53)32-56)58-50-15-8-6-13-45(50)47-23-19-40(28-52(47)58)43-21-17-34(2)25-36(43)4/h5-30H,1-4H3. The number of benzene rings is 8. The number of aryl methyl sites for hydroxylation is 4. The van der Waals surface area contributed by atoms with Gasteiger partial charge in [-0.2, -0.15) is 10.5 Å². The number of hydrogen-bond acceptors (Lipinski definition) is 2. The second-order valence-corrected chi connectivity index (χ2v) is 15.5. The molecule has 0 saturated heterocycles. The van der Waals surface area contributed by atoms with Gasteiger partial charge in [0.1, 0.15) is 11.6 Å². The molecule has 0 radical (unpaired) electrons. The number of para-hydroxylation sites is 2. The highest BCUT2D eigenvalue weighted by molar-refractivity contribution is 6.12. The maximum atomic E-state index is 11.5. The van der Waals surface area contributed by atoms with Crippen LogP contribution in [0.5, 0.6) is 0 Å².